The van der Waals surface area contributed by atoms with Gasteiger partial charge in [-0.15, -0.1) is 5.10 Å². The van der Waals surface area contributed by atoms with E-state index >= 15 is 0 Å². The van der Waals surface area contributed by atoms with Crippen LogP contribution in [0.25, 0.3) is 11.0 Å². The van der Waals surface area contributed by atoms with Crippen LogP contribution in [0.3, 0.4) is 0 Å². The topological polar surface area (TPSA) is 114 Å². The summed E-state index contributed by atoms with van der Waals surface area (Å²) in [5.41, 5.74) is 0.909. The molecule has 102 valence electrons. The van der Waals surface area contributed by atoms with Crippen molar-refractivity contribution in [2.75, 3.05) is 0 Å². The minimum Gasteiger partial charge on any atom is -0.391 e. The maximum atomic E-state index is 11.6. The van der Waals surface area contributed by atoms with Crippen LogP contribution in [0.15, 0.2) is 18.2 Å². The quantitative estimate of drug-likeness (QED) is 0.483. The molecule has 3 rings (SSSR count). The van der Waals surface area contributed by atoms with Crippen LogP contribution in [0.1, 0.15) is 12.8 Å². The Balaban J connectivity index is 1.74. The molecule has 0 bridgehead atoms. The van der Waals surface area contributed by atoms with Gasteiger partial charge in [0.05, 0.1) is 5.52 Å². The summed E-state index contributed by atoms with van der Waals surface area (Å²) in [4.78, 5) is 38.7. The lowest BCUT2D eigenvalue weighted by atomic mass is 10.3. The molecule has 1 aromatic heterocycles. The third kappa shape index (κ3) is 2.05. The van der Waals surface area contributed by atoms with Crippen LogP contribution in [0, 0.1) is 0 Å². The lowest BCUT2D eigenvalue weighted by Crippen LogP contribution is -2.33. The normalized spacial score (nSPS) is 14.9. The SMILES string of the molecule is O=C(Oc1cccc2[nH]nnc12)ON1C(=O)CCC1=O. The zero-order valence-electron chi connectivity index (χ0n) is 10.0. The van der Waals surface area contributed by atoms with Gasteiger partial charge in [0, 0.05) is 12.8 Å². The van der Waals surface area contributed by atoms with E-state index in [0.29, 0.717) is 16.1 Å². The number of H-pyrrole nitrogens is 1. The number of hydrogen-bond donors (Lipinski definition) is 1. The number of ether oxygens (including phenoxy) is 1. The number of rotatable bonds is 2. The Kier molecular flexibility index (Phi) is 2.78. The predicted octanol–water partition coefficient (Wildman–Crippen LogP) is 0.537. The fourth-order valence-corrected chi connectivity index (χ4v) is 1.77. The van der Waals surface area contributed by atoms with E-state index in [0.717, 1.165) is 0 Å². The summed E-state index contributed by atoms with van der Waals surface area (Å²) in [7, 11) is 0. The minimum absolute atomic E-state index is 0.0188. The Labute approximate surface area is 111 Å². The van der Waals surface area contributed by atoms with Crippen molar-refractivity contribution in [3.8, 4) is 5.75 Å². The van der Waals surface area contributed by atoms with Crippen LogP contribution in [0.5, 0.6) is 5.75 Å². The Morgan fingerprint density at radius 1 is 1.25 bits per heavy atom. The van der Waals surface area contributed by atoms with Crippen LogP contribution < -0.4 is 4.74 Å². The summed E-state index contributed by atoms with van der Waals surface area (Å²) in [6, 6.07) is 4.80. The Hall–Kier alpha value is -2.97. The van der Waals surface area contributed by atoms with Crippen molar-refractivity contribution >= 4 is 29.0 Å². The van der Waals surface area contributed by atoms with E-state index in [2.05, 4.69) is 20.2 Å². The Bertz CT molecular complexity index is 694. The second kappa shape index (κ2) is 4.61. The van der Waals surface area contributed by atoms with Gasteiger partial charge in [-0.05, 0) is 12.1 Å². The van der Waals surface area contributed by atoms with Crippen molar-refractivity contribution in [2.45, 2.75) is 12.8 Å². The number of benzene rings is 1. The summed E-state index contributed by atoms with van der Waals surface area (Å²) < 4.78 is 4.91. The average molecular weight is 276 g/mol. The fraction of sp³-hybridized carbons (Fsp3) is 0.182. The minimum atomic E-state index is -1.19. The fourth-order valence-electron chi connectivity index (χ4n) is 1.77. The molecule has 0 unspecified atom stereocenters. The summed E-state index contributed by atoms with van der Waals surface area (Å²) in [5.74, 6) is -1.04. The molecule has 2 amide bonds. The first-order valence-electron chi connectivity index (χ1n) is 5.70. The molecule has 9 nitrogen and oxygen atoms in total. The molecule has 2 heterocycles. The van der Waals surface area contributed by atoms with E-state index in [9.17, 15) is 14.4 Å². The Morgan fingerprint density at radius 3 is 2.75 bits per heavy atom. The molecule has 1 aliphatic rings. The highest BCUT2D eigenvalue weighted by molar-refractivity contribution is 6.01. The lowest BCUT2D eigenvalue weighted by molar-refractivity contribution is -0.174. The monoisotopic (exact) mass is 276 g/mol. The van der Waals surface area contributed by atoms with E-state index in [-0.39, 0.29) is 18.6 Å². The van der Waals surface area contributed by atoms with E-state index in [1.807, 2.05) is 0 Å². The highest BCUT2D eigenvalue weighted by atomic mass is 16.8. The van der Waals surface area contributed by atoms with Crippen molar-refractivity contribution in [2.24, 2.45) is 0 Å². The molecule has 1 saturated heterocycles. The molecule has 0 spiro atoms. The second-order valence-corrected chi connectivity index (χ2v) is 3.99. The molecular formula is C11H8N4O5. The number of amides is 2. The van der Waals surface area contributed by atoms with Gasteiger partial charge in [-0.1, -0.05) is 16.3 Å². The van der Waals surface area contributed by atoms with Crippen molar-refractivity contribution < 1.29 is 24.0 Å². The molecule has 0 radical (unpaired) electrons. The van der Waals surface area contributed by atoms with Crippen molar-refractivity contribution in [3.63, 3.8) is 0 Å². The molecule has 1 aliphatic heterocycles. The first-order valence-corrected chi connectivity index (χ1v) is 5.70. The van der Waals surface area contributed by atoms with Crippen LogP contribution >= 0.6 is 0 Å². The zero-order chi connectivity index (χ0) is 14.1. The zero-order valence-corrected chi connectivity index (χ0v) is 10.0. The number of nitrogens with zero attached hydrogens (tertiary/aromatic N) is 3. The average Bonchev–Trinajstić information content (AvgIpc) is 3.01. The molecule has 0 aliphatic carbocycles. The third-order valence-electron chi connectivity index (χ3n) is 2.68. The van der Waals surface area contributed by atoms with Crippen LogP contribution in [-0.2, 0) is 14.4 Å². The largest absolute Gasteiger partial charge is 0.539 e. The molecule has 1 fully saturated rings. The van der Waals surface area contributed by atoms with Crippen molar-refractivity contribution in [1.29, 1.82) is 0 Å². The molecule has 0 atom stereocenters. The van der Waals surface area contributed by atoms with Crippen molar-refractivity contribution in [1.82, 2.24) is 20.5 Å². The van der Waals surface area contributed by atoms with Crippen LogP contribution in [0.2, 0.25) is 0 Å². The van der Waals surface area contributed by atoms with Gasteiger partial charge < -0.3 is 4.74 Å². The summed E-state index contributed by atoms with van der Waals surface area (Å²) in [6.07, 6.45) is -1.15. The Morgan fingerprint density at radius 2 is 2.00 bits per heavy atom. The number of imide groups is 1. The number of aromatic nitrogens is 3. The van der Waals surface area contributed by atoms with Crippen LogP contribution in [0.4, 0.5) is 4.79 Å². The highest BCUT2D eigenvalue weighted by Gasteiger charge is 2.33. The van der Waals surface area contributed by atoms with Gasteiger partial charge in [0.15, 0.2) is 11.3 Å². The highest BCUT2D eigenvalue weighted by Crippen LogP contribution is 2.22. The van der Waals surface area contributed by atoms with Gasteiger partial charge in [0.25, 0.3) is 11.8 Å². The van der Waals surface area contributed by atoms with Gasteiger partial charge in [-0.2, -0.15) is 0 Å². The first kappa shape index (κ1) is 12.1. The van der Waals surface area contributed by atoms with E-state index in [1.54, 1.807) is 12.1 Å². The summed E-state index contributed by atoms with van der Waals surface area (Å²) in [6.45, 7) is 0. The standard InChI is InChI=1S/C11H8N4O5/c16-8-4-5-9(17)15(8)20-11(18)19-7-3-1-2-6-10(7)13-14-12-6/h1-3H,4-5H2,(H,12,13,14). The third-order valence-corrected chi connectivity index (χ3v) is 2.68. The number of aromatic amines is 1. The number of carbonyl (C=O) groups is 3. The number of nitrogens with one attached hydrogen (secondary N) is 1. The smallest absolute Gasteiger partial charge is 0.391 e. The predicted molar refractivity (Wildman–Crippen MR) is 62.1 cm³/mol. The second-order valence-electron chi connectivity index (χ2n) is 3.99. The molecule has 2 aromatic rings. The van der Waals surface area contributed by atoms with Gasteiger partial charge in [-0.25, -0.2) is 4.79 Å². The molecule has 1 aromatic carbocycles. The van der Waals surface area contributed by atoms with E-state index < -0.39 is 18.0 Å². The van der Waals surface area contributed by atoms with E-state index in [4.69, 9.17) is 4.74 Å². The maximum Gasteiger partial charge on any atom is 0.539 e. The maximum absolute atomic E-state index is 11.6. The van der Waals surface area contributed by atoms with E-state index in [1.165, 1.54) is 6.07 Å². The lowest BCUT2D eigenvalue weighted by Gasteiger charge is -2.12. The summed E-state index contributed by atoms with van der Waals surface area (Å²) >= 11 is 0. The molecule has 9 heteroatoms. The number of carbonyl (C=O) groups excluding carboxylic acids is 3. The van der Waals surface area contributed by atoms with Gasteiger partial charge in [0.1, 0.15) is 0 Å². The van der Waals surface area contributed by atoms with Crippen molar-refractivity contribution in [3.05, 3.63) is 18.2 Å². The number of hydrogen-bond acceptors (Lipinski definition) is 7. The molecule has 20 heavy (non-hydrogen) atoms. The van der Waals surface area contributed by atoms with Gasteiger partial charge in [-0.3, -0.25) is 19.5 Å². The van der Waals surface area contributed by atoms with Crippen LogP contribution in [-0.4, -0.2) is 38.4 Å². The molecule has 0 saturated carbocycles. The summed E-state index contributed by atoms with van der Waals surface area (Å²) in [5, 5.41) is 10.3. The first-order chi connectivity index (χ1) is 9.65. The molecular weight excluding hydrogens is 268 g/mol. The van der Waals surface area contributed by atoms with Gasteiger partial charge in [0.2, 0.25) is 0 Å². The molecule has 1 N–H and O–H groups in total. The number of hydroxylamine groups is 2. The number of fused-ring (bicyclic) bond motifs is 1. The van der Waals surface area contributed by atoms with Gasteiger partial charge >= 0.3 is 6.16 Å².